The lowest BCUT2D eigenvalue weighted by atomic mass is 10.0. The first kappa shape index (κ1) is 47.6. The van der Waals surface area contributed by atoms with E-state index in [4.69, 9.17) is 0 Å². The van der Waals surface area contributed by atoms with E-state index < -0.39 is 12.1 Å². The third kappa shape index (κ3) is 37.7. The second kappa shape index (κ2) is 41.0. The van der Waals surface area contributed by atoms with Gasteiger partial charge in [0.2, 0.25) is 5.91 Å². The van der Waals surface area contributed by atoms with E-state index in [1.54, 1.807) is 6.08 Å². The zero-order valence-electron chi connectivity index (χ0n) is 33.0. The first-order valence-corrected chi connectivity index (χ1v) is 21.7. The average molecular weight is 688 g/mol. The molecule has 1 amide bonds. The number of aliphatic hydroxyl groups excluding tert-OH is 2. The van der Waals surface area contributed by atoms with Gasteiger partial charge in [-0.25, -0.2) is 0 Å². The first-order chi connectivity index (χ1) is 24.2. The van der Waals surface area contributed by atoms with Gasteiger partial charge >= 0.3 is 0 Å². The summed E-state index contributed by atoms with van der Waals surface area (Å²) in [6.45, 7) is 4.28. The van der Waals surface area contributed by atoms with Gasteiger partial charge in [0.05, 0.1) is 18.8 Å². The Labute approximate surface area is 306 Å². The number of amides is 1. The largest absolute Gasteiger partial charge is 0.394 e. The van der Waals surface area contributed by atoms with Crippen molar-refractivity contribution in [1.82, 2.24) is 5.32 Å². The van der Waals surface area contributed by atoms with Crippen molar-refractivity contribution in [2.24, 2.45) is 0 Å². The summed E-state index contributed by atoms with van der Waals surface area (Å²) in [6, 6.07) is -0.640. The van der Waals surface area contributed by atoms with Gasteiger partial charge in [0.1, 0.15) is 0 Å². The lowest BCUT2D eigenvalue weighted by molar-refractivity contribution is -0.123. The van der Waals surface area contributed by atoms with Crippen LogP contribution in [0.2, 0.25) is 0 Å². The number of aliphatic hydroxyl groups is 2. The second-order valence-electron chi connectivity index (χ2n) is 14.8. The molecule has 288 valence electrons. The van der Waals surface area contributed by atoms with Gasteiger partial charge in [0.15, 0.2) is 0 Å². The predicted molar refractivity (Wildman–Crippen MR) is 216 cm³/mol. The molecule has 0 bridgehead atoms. The SMILES string of the molecule is CCCCCCCCCCCCCCCCCCC/C=C/CC/C=C/CC/C=C/C(O)C(CO)NC(=O)CCCCCCCCCCCC. The van der Waals surface area contributed by atoms with Gasteiger partial charge in [0, 0.05) is 6.42 Å². The molecule has 2 unspecified atom stereocenters. The molecule has 0 fully saturated rings. The molecule has 0 aromatic heterocycles. The Balaban J connectivity index is 3.58. The van der Waals surface area contributed by atoms with Gasteiger partial charge in [-0.05, 0) is 44.9 Å². The maximum Gasteiger partial charge on any atom is 0.220 e. The molecule has 0 radical (unpaired) electrons. The van der Waals surface area contributed by atoms with Crippen LogP contribution in [0.25, 0.3) is 0 Å². The fourth-order valence-corrected chi connectivity index (χ4v) is 6.50. The maximum atomic E-state index is 12.3. The van der Waals surface area contributed by atoms with Gasteiger partial charge in [-0.1, -0.05) is 211 Å². The summed E-state index contributed by atoms with van der Waals surface area (Å²) in [5.41, 5.74) is 0. The van der Waals surface area contributed by atoms with Crippen LogP contribution in [-0.4, -0.2) is 34.9 Å². The van der Waals surface area contributed by atoms with Crippen LogP contribution in [0, 0.1) is 0 Å². The minimum absolute atomic E-state index is 0.0803. The summed E-state index contributed by atoms with van der Waals surface area (Å²) in [5.74, 6) is -0.0803. The van der Waals surface area contributed by atoms with Crippen LogP contribution in [0.1, 0.15) is 226 Å². The molecular formula is C45H85NO3. The minimum Gasteiger partial charge on any atom is -0.394 e. The molecule has 0 saturated carbocycles. The van der Waals surface area contributed by atoms with E-state index in [1.807, 2.05) is 6.08 Å². The van der Waals surface area contributed by atoms with Crippen LogP contribution < -0.4 is 5.32 Å². The molecule has 0 aliphatic rings. The third-order valence-electron chi connectivity index (χ3n) is 9.85. The third-order valence-corrected chi connectivity index (χ3v) is 9.85. The molecule has 2 atom stereocenters. The number of allylic oxidation sites excluding steroid dienone is 5. The fourth-order valence-electron chi connectivity index (χ4n) is 6.50. The van der Waals surface area contributed by atoms with Crippen molar-refractivity contribution in [3.63, 3.8) is 0 Å². The van der Waals surface area contributed by atoms with Crippen molar-refractivity contribution in [2.75, 3.05) is 6.61 Å². The van der Waals surface area contributed by atoms with Crippen molar-refractivity contribution in [2.45, 2.75) is 238 Å². The van der Waals surface area contributed by atoms with E-state index in [9.17, 15) is 15.0 Å². The number of carbonyl (C=O) groups excluding carboxylic acids is 1. The zero-order valence-corrected chi connectivity index (χ0v) is 33.0. The molecular weight excluding hydrogens is 602 g/mol. The van der Waals surface area contributed by atoms with Crippen molar-refractivity contribution in [3.8, 4) is 0 Å². The van der Waals surface area contributed by atoms with Crippen LogP contribution in [0.3, 0.4) is 0 Å². The monoisotopic (exact) mass is 688 g/mol. The normalized spacial score (nSPS) is 13.3. The number of hydrogen-bond donors (Lipinski definition) is 3. The average Bonchev–Trinajstić information content (AvgIpc) is 3.10. The summed E-state index contributed by atoms with van der Waals surface area (Å²) >= 11 is 0. The Morgan fingerprint density at radius 1 is 0.469 bits per heavy atom. The quantitative estimate of drug-likeness (QED) is 0.0445. The molecule has 4 heteroatoms. The molecule has 0 aromatic carbocycles. The van der Waals surface area contributed by atoms with Crippen LogP contribution in [-0.2, 0) is 4.79 Å². The lowest BCUT2D eigenvalue weighted by Gasteiger charge is -2.19. The summed E-state index contributed by atoms with van der Waals surface area (Å²) in [6.07, 6.45) is 54.1. The number of rotatable bonds is 39. The highest BCUT2D eigenvalue weighted by Gasteiger charge is 2.17. The minimum atomic E-state index is -0.866. The Kier molecular flexibility index (Phi) is 39.9. The number of carbonyl (C=O) groups is 1. The van der Waals surface area contributed by atoms with E-state index in [2.05, 4.69) is 43.5 Å². The van der Waals surface area contributed by atoms with E-state index in [1.165, 1.54) is 167 Å². The highest BCUT2D eigenvalue weighted by atomic mass is 16.3. The Morgan fingerprint density at radius 2 is 0.796 bits per heavy atom. The van der Waals surface area contributed by atoms with Crippen LogP contribution in [0.4, 0.5) is 0 Å². The van der Waals surface area contributed by atoms with Gasteiger partial charge in [-0.2, -0.15) is 0 Å². The number of hydrogen-bond acceptors (Lipinski definition) is 3. The number of unbranched alkanes of at least 4 members (excludes halogenated alkanes) is 28. The Bertz CT molecular complexity index is 746. The molecule has 0 aromatic rings. The molecule has 0 aliphatic carbocycles. The fraction of sp³-hybridized carbons (Fsp3) is 0.844. The summed E-state index contributed by atoms with van der Waals surface area (Å²) in [7, 11) is 0. The standard InChI is InChI=1S/C45H85NO3/c1-3-5-7-9-11-13-15-16-17-18-19-20-21-22-23-24-25-26-27-28-29-30-31-32-34-36-38-40-44(48)43(42-47)46-45(49)41-39-37-35-33-14-12-10-8-6-4-2/h27-28,31-32,38,40,43-44,47-48H,3-26,29-30,33-37,39,41-42H2,1-2H3,(H,46,49)/b28-27+,32-31+,40-38+. The zero-order chi connectivity index (χ0) is 35.7. The van der Waals surface area contributed by atoms with Crippen molar-refractivity contribution in [3.05, 3.63) is 36.5 Å². The van der Waals surface area contributed by atoms with E-state index in [0.717, 1.165) is 38.5 Å². The maximum absolute atomic E-state index is 12.3. The predicted octanol–water partition coefficient (Wildman–Crippen LogP) is 13.4. The summed E-state index contributed by atoms with van der Waals surface area (Å²) < 4.78 is 0. The lowest BCUT2D eigenvalue weighted by Crippen LogP contribution is -2.45. The van der Waals surface area contributed by atoms with Crippen molar-refractivity contribution in [1.29, 1.82) is 0 Å². The van der Waals surface area contributed by atoms with Crippen molar-refractivity contribution >= 4 is 5.91 Å². The van der Waals surface area contributed by atoms with E-state index in [-0.39, 0.29) is 12.5 Å². The molecule has 0 aliphatic heterocycles. The Hall–Kier alpha value is -1.39. The van der Waals surface area contributed by atoms with Crippen LogP contribution in [0.15, 0.2) is 36.5 Å². The van der Waals surface area contributed by atoms with Gasteiger partial charge < -0.3 is 15.5 Å². The molecule has 3 N–H and O–H groups in total. The van der Waals surface area contributed by atoms with E-state index in [0.29, 0.717) is 6.42 Å². The highest BCUT2D eigenvalue weighted by molar-refractivity contribution is 5.76. The summed E-state index contributed by atoms with van der Waals surface area (Å²) in [5, 5.41) is 22.9. The van der Waals surface area contributed by atoms with Crippen LogP contribution >= 0.6 is 0 Å². The topological polar surface area (TPSA) is 69.6 Å². The molecule has 4 nitrogen and oxygen atoms in total. The smallest absolute Gasteiger partial charge is 0.220 e. The number of nitrogens with one attached hydrogen (secondary N) is 1. The van der Waals surface area contributed by atoms with Gasteiger partial charge in [0.25, 0.3) is 0 Å². The van der Waals surface area contributed by atoms with Crippen molar-refractivity contribution < 1.29 is 15.0 Å². The molecule has 0 saturated heterocycles. The first-order valence-electron chi connectivity index (χ1n) is 21.7. The molecule has 0 rings (SSSR count). The van der Waals surface area contributed by atoms with Gasteiger partial charge in [-0.15, -0.1) is 0 Å². The second-order valence-corrected chi connectivity index (χ2v) is 14.8. The molecule has 0 heterocycles. The highest BCUT2D eigenvalue weighted by Crippen LogP contribution is 2.15. The molecule has 49 heavy (non-hydrogen) atoms. The Morgan fingerprint density at radius 3 is 1.18 bits per heavy atom. The van der Waals surface area contributed by atoms with Crippen LogP contribution in [0.5, 0.6) is 0 Å². The van der Waals surface area contributed by atoms with E-state index >= 15 is 0 Å². The summed E-state index contributed by atoms with van der Waals surface area (Å²) in [4.78, 5) is 12.3. The molecule has 0 spiro atoms. The van der Waals surface area contributed by atoms with Gasteiger partial charge in [-0.3, -0.25) is 4.79 Å².